The van der Waals surface area contributed by atoms with Gasteiger partial charge in [0.25, 0.3) is 5.91 Å². The summed E-state index contributed by atoms with van der Waals surface area (Å²) < 4.78 is 3.76. The van der Waals surface area contributed by atoms with Gasteiger partial charge in [-0.1, -0.05) is 34.3 Å². The predicted molar refractivity (Wildman–Crippen MR) is 69.1 cm³/mol. The Hall–Kier alpha value is -0.490. The first-order chi connectivity index (χ1) is 7.54. The summed E-state index contributed by atoms with van der Waals surface area (Å²) >= 11 is 4.55. The number of nitrogens with one attached hydrogen (secondary N) is 1. The first kappa shape index (κ1) is 13.6. The summed E-state index contributed by atoms with van der Waals surface area (Å²) in [4.78, 5) is 12.5. The van der Waals surface area contributed by atoms with E-state index in [1.54, 1.807) is 6.92 Å². The van der Waals surface area contributed by atoms with Crippen molar-refractivity contribution >= 4 is 33.4 Å². The van der Waals surface area contributed by atoms with Crippen LogP contribution < -0.4 is 5.32 Å². The molecule has 16 heavy (non-hydrogen) atoms. The van der Waals surface area contributed by atoms with Gasteiger partial charge in [0.05, 0.1) is 5.69 Å². The van der Waals surface area contributed by atoms with Crippen LogP contribution >= 0.6 is 27.5 Å². The highest BCUT2D eigenvalue weighted by Gasteiger charge is 2.17. The molecule has 1 aromatic heterocycles. The van der Waals surface area contributed by atoms with E-state index < -0.39 is 0 Å². The highest BCUT2D eigenvalue weighted by Crippen LogP contribution is 2.12. The lowest BCUT2D eigenvalue weighted by Gasteiger charge is -2.17. The second-order valence-electron chi connectivity index (χ2n) is 4.14. The number of alkyl halides is 1. The van der Waals surface area contributed by atoms with Crippen molar-refractivity contribution in [2.24, 2.45) is 5.92 Å². The number of nitrogens with zero attached hydrogens (tertiary/aromatic N) is 2. The van der Waals surface area contributed by atoms with Crippen LogP contribution in [-0.4, -0.2) is 26.9 Å². The van der Waals surface area contributed by atoms with E-state index in [4.69, 9.17) is 0 Å². The van der Waals surface area contributed by atoms with Gasteiger partial charge in [0, 0.05) is 11.4 Å². The van der Waals surface area contributed by atoms with Crippen LogP contribution in [0.1, 0.15) is 35.6 Å². The molecule has 90 valence electrons. The third-order valence-electron chi connectivity index (χ3n) is 2.14. The summed E-state index contributed by atoms with van der Waals surface area (Å²) in [5, 5.41) is 7.58. The van der Waals surface area contributed by atoms with Crippen molar-refractivity contribution in [3.8, 4) is 0 Å². The van der Waals surface area contributed by atoms with Crippen molar-refractivity contribution in [3.05, 3.63) is 10.6 Å². The predicted octanol–water partition coefficient (Wildman–Crippen LogP) is 2.39. The lowest BCUT2D eigenvalue weighted by molar-refractivity contribution is 0.0940. The fourth-order valence-electron chi connectivity index (χ4n) is 1.42. The standard InChI is InChI=1S/C10H16BrN3OS/c1-6(2)4-8(5-11)12-10(15)9-7(3)13-14-16-9/h6,8H,4-5H2,1-3H3,(H,12,15). The van der Waals surface area contributed by atoms with Crippen molar-refractivity contribution in [2.45, 2.75) is 33.2 Å². The Labute approximate surface area is 108 Å². The van der Waals surface area contributed by atoms with E-state index in [0.717, 1.165) is 23.3 Å². The van der Waals surface area contributed by atoms with Gasteiger partial charge < -0.3 is 5.32 Å². The van der Waals surface area contributed by atoms with Crippen LogP contribution in [0.4, 0.5) is 0 Å². The highest BCUT2D eigenvalue weighted by molar-refractivity contribution is 9.09. The Morgan fingerprint density at radius 2 is 2.25 bits per heavy atom. The Balaban J connectivity index is 2.59. The number of carbonyl (C=O) groups is 1. The van der Waals surface area contributed by atoms with Crippen molar-refractivity contribution < 1.29 is 4.79 Å². The number of aryl methyl sites for hydroxylation is 1. The minimum absolute atomic E-state index is 0.0717. The van der Waals surface area contributed by atoms with Gasteiger partial charge in [0.1, 0.15) is 4.88 Å². The maximum Gasteiger partial charge on any atom is 0.265 e. The summed E-state index contributed by atoms with van der Waals surface area (Å²) in [6.45, 7) is 6.08. The smallest absolute Gasteiger partial charge is 0.265 e. The minimum Gasteiger partial charge on any atom is -0.348 e. The molecule has 0 saturated carbocycles. The Kier molecular flexibility index (Phi) is 5.34. The van der Waals surface area contributed by atoms with Crippen LogP contribution in [0.5, 0.6) is 0 Å². The summed E-state index contributed by atoms with van der Waals surface area (Å²) in [5.41, 5.74) is 0.695. The van der Waals surface area contributed by atoms with E-state index in [-0.39, 0.29) is 11.9 Å². The molecule has 0 bridgehead atoms. The molecule has 1 aromatic rings. The van der Waals surface area contributed by atoms with Crippen LogP contribution in [-0.2, 0) is 0 Å². The van der Waals surface area contributed by atoms with E-state index >= 15 is 0 Å². The van der Waals surface area contributed by atoms with Crippen molar-refractivity contribution in [1.82, 2.24) is 14.9 Å². The average Bonchev–Trinajstić information content (AvgIpc) is 2.62. The molecular formula is C10H16BrN3OS. The van der Waals surface area contributed by atoms with Gasteiger partial charge in [-0.25, -0.2) is 0 Å². The molecule has 0 fully saturated rings. The Morgan fingerprint density at radius 3 is 2.69 bits per heavy atom. The third kappa shape index (κ3) is 3.83. The molecule has 1 N–H and O–H groups in total. The van der Waals surface area contributed by atoms with Crippen molar-refractivity contribution in [3.63, 3.8) is 0 Å². The van der Waals surface area contributed by atoms with Crippen LogP contribution in [0.25, 0.3) is 0 Å². The quantitative estimate of drug-likeness (QED) is 0.850. The van der Waals surface area contributed by atoms with Gasteiger partial charge in [-0.15, -0.1) is 5.10 Å². The van der Waals surface area contributed by atoms with Crippen molar-refractivity contribution in [1.29, 1.82) is 0 Å². The second-order valence-corrected chi connectivity index (χ2v) is 5.54. The molecule has 0 aliphatic carbocycles. The Morgan fingerprint density at radius 1 is 1.56 bits per heavy atom. The number of rotatable bonds is 5. The lowest BCUT2D eigenvalue weighted by Crippen LogP contribution is -2.36. The van der Waals surface area contributed by atoms with Gasteiger partial charge >= 0.3 is 0 Å². The lowest BCUT2D eigenvalue weighted by atomic mass is 10.1. The van der Waals surface area contributed by atoms with Gasteiger partial charge in [-0.05, 0) is 30.8 Å². The van der Waals surface area contributed by atoms with E-state index in [9.17, 15) is 4.79 Å². The summed E-state index contributed by atoms with van der Waals surface area (Å²) in [6.07, 6.45) is 0.961. The van der Waals surface area contributed by atoms with E-state index in [1.807, 2.05) is 0 Å². The minimum atomic E-state index is -0.0717. The molecule has 0 spiro atoms. The molecule has 4 nitrogen and oxygen atoms in total. The maximum absolute atomic E-state index is 11.9. The molecule has 1 heterocycles. The molecule has 0 aromatic carbocycles. The molecule has 1 unspecified atom stereocenters. The SMILES string of the molecule is Cc1nnsc1C(=O)NC(CBr)CC(C)C. The monoisotopic (exact) mass is 305 g/mol. The first-order valence-corrected chi connectivity index (χ1v) is 7.09. The molecule has 0 radical (unpaired) electrons. The zero-order valence-electron chi connectivity index (χ0n) is 9.66. The number of hydrogen-bond acceptors (Lipinski definition) is 4. The number of carbonyl (C=O) groups excluding carboxylic acids is 1. The molecule has 6 heteroatoms. The zero-order chi connectivity index (χ0) is 12.1. The number of amides is 1. The molecular weight excluding hydrogens is 290 g/mol. The normalized spacial score (nSPS) is 12.8. The van der Waals surface area contributed by atoms with Crippen LogP contribution in [0, 0.1) is 12.8 Å². The number of halogens is 1. The molecule has 0 saturated heterocycles. The molecule has 1 amide bonds. The molecule has 1 atom stereocenters. The van der Waals surface area contributed by atoms with Crippen molar-refractivity contribution in [2.75, 3.05) is 5.33 Å². The fraction of sp³-hybridized carbons (Fsp3) is 0.700. The third-order valence-corrected chi connectivity index (χ3v) is 3.74. The van der Waals surface area contributed by atoms with Gasteiger partial charge in [0.15, 0.2) is 0 Å². The summed E-state index contributed by atoms with van der Waals surface area (Å²) in [5.74, 6) is 0.487. The first-order valence-electron chi connectivity index (χ1n) is 5.20. The van der Waals surface area contributed by atoms with Crippen LogP contribution in [0.3, 0.4) is 0 Å². The summed E-state index contributed by atoms with van der Waals surface area (Å²) in [6, 6.07) is 0.161. The molecule has 0 aliphatic heterocycles. The largest absolute Gasteiger partial charge is 0.348 e. The van der Waals surface area contributed by atoms with Gasteiger partial charge in [-0.3, -0.25) is 4.79 Å². The number of hydrogen-bond donors (Lipinski definition) is 1. The topological polar surface area (TPSA) is 54.9 Å². The van der Waals surface area contributed by atoms with Crippen LogP contribution in [0.15, 0.2) is 0 Å². The molecule has 1 rings (SSSR count). The second kappa shape index (κ2) is 6.30. The fourth-order valence-corrected chi connectivity index (χ4v) is 2.41. The average molecular weight is 306 g/mol. The van der Waals surface area contributed by atoms with Gasteiger partial charge in [0.2, 0.25) is 0 Å². The van der Waals surface area contributed by atoms with E-state index in [1.165, 1.54) is 0 Å². The molecule has 0 aliphatic rings. The number of aromatic nitrogens is 2. The Bertz CT molecular complexity index is 354. The van der Waals surface area contributed by atoms with E-state index in [0.29, 0.717) is 16.5 Å². The van der Waals surface area contributed by atoms with Crippen LogP contribution in [0.2, 0.25) is 0 Å². The highest BCUT2D eigenvalue weighted by atomic mass is 79.9. The maximum atomic E-state index is 11.9. The van der Waals surface area contributed by atoms with Gasteiger partial charge in [-0.2, -0.15) is 0 Å². The summed E-state index contributed by atoms with van der Waals surface area (Å²) in [7, 11) is 0. The van der Waals surface area contributed by atoms with E-state index in [2.05, 4.69) is 44.7 Å². The zero-order valence-corrected chi connectivity index (χ0v) is 12.1.